The summed E-state index contributed by atoms with van der Waals surface area (Å²) in [7, 11) is 0. The lowest BCUT2D eigenvalue weighted by Gasteiger charge is -2.25. The monoisotopic (exact) mass is 521 g/mol. The van der Waals surface area contributed by atoms with Crippen LogP contribution in [0, 0.1) is 12.7 Å². The van der Waals surface area contributed by atoms with Crippen LogP contribution < -0.4 is 15.4 Å². The fourth-order valence-electron chi connectivity index (χ4n) is 4.01. The third-order valence-corrected chi connectivity index (χ3v) is 5.81. The lowest BCUT2D eigenvalue weighted by atomic mass is 10.0. The molecule has 1 aliphatic rings. The zero-order valence-corrected chi connectivity index (χ0v) is 21.6. The van der Waals surface area contributed by atoms with Gasteiger partial charge in [0.2, 0.25) is 5.91 Å². The highest BCUT2D eigenvalue weighted by Gasteiger charge is 2.45. The Balaban J connectivity index is 0.00000195. The number of rotatable bonds is 9. The number of nitrogens with zero attached hydrogens (tertiary/aromatic N) is 1. The Bertz CT molecular complexity index is 1250. The van der Waals surface area contributed by atoms with Gasteiger partial charge in [-0.2, -0.15) is 0 Å². The van der Waals surface area contributed by atoms with E-state index in [1.54, 1.807) is 61.5 Å². The van der Waals surface area contributed by atoms with Gasteiger partial charge in [-0.15, -0.1) is 0 Å². The Kier molecular flexibility index (Phi) is 9.95. The Hall–Kier alpha value is -4.24. The summed E-state index contributed by atoms with van der Waals surface area (Å²) in [6.07, 6.45) is 0.0555. The Labute approximate surface area is 221 Å². The van der Waals surface area contributed by atoms with Crippen LogP contribution in [0.4, 0.5) is 14.9 Å². The van der Waals surface area contributed by atoms with Crippen LogP contribution in [0.5, 0.6) is 5.75 Å². The molecule has 9 heteroatoms. The second kappa shape index (κ2) is 13.3. The molecule has 0 saturated carbocycles. The topological polar surface area (TPSA) is 108 Å². The molecule has 3 N–H and O–H groups in total. The summed E-state index contributed by atoms with van der Waals surface area (Å²) in [4.78, 5) is 40.6. The quantitative estimate of drug-likeness (QED) is 0.363. The number of anilines is 1. The normalized spacial score (nSPS) is 15.3. The van der Waals surface area contributed by atoms with E-state index in [9.17, 15) is 18.8 Å². The zero-order chi connectivity index (χ0) is 27.7. The first kappa shape index (κ1) is 28.3. The maximum absolute atomic E-state index is 14.4. The van der Waals surface area contributed by atoms with Gasteiger partial charge in [0, 0.05) is 6.42 Å². The first-order chi connectivity index (χ1) is 18.4. The Morgan fingerprint density at radius 3 is 2.39 bits per heavy atom. The van der Waals surface area contributed by atoms with Gasteiger partial charge < -0.3 is 20.5 Å². The van der Waals surface area contributed by atoms with Gasteiger partial charge in [-0.1, -0.05) is 62.4 Å². The molecule has 0 unspecified atom stereocenters. The van der Waals surface area contributed by atoms with Gasteiger partial charge in [0.05, 0.1) is 12.3 Å². The number of nitrogens with one attached hydrogen (secondary N) is 2. The molecular weight excluding hydrogens is 489 g/mol. The van der Waals surface area contributed by atoms with Crippen molar-refractivity contribution in [3.05, 3.63) is 95.3 Å². The molecule has 200 valence electrons. The molecule has 0 aromatic heterocycles. The molecule has 1 saturated heterocycles. The first-order valence-corrected chi connectivity index (χ1v) is 12.5. The number of aliphatic hydroxyl groups is 1. The van der Waals surface area contributed by atoms with Crippen molar-refractivity contribution >= 4 is 23.5 Å². The highest BCUT2D eigenvalue weighted by Crippen LogP contribution is 2.27. The molecule has 38 heavy (non-hydrogen) atoms. The number of amides is 4. The van der Waals surface area contributed by atoms with Gasteiger partial charge in [-0.3, -0.25) is 9.59 Å². The highest BCUT2D eigenvalue weighted by molar-refractivity contribution is 6.09. The maximum Gasteiger partial charge on any atom is 0.325 e. The van der Waals surface area contributed by atoms with Crippen molar-refractivity contribution in [2.45, 2.75) is 39.3 Å². The van der Waals surface area contributed by atoms with Crippen LogP contribution in [0.1, 0.15) is 36.6 Å². The fourth-order valence-corrected chi connectivity index (χ4v) is 4.01. The number of carbonyl (C=O) groups excluding carboxylic acids is 3. The molecule has 4 amide bonds. The number of imide groups is 1. The van der Waals surface area contributed by atoms with Crippen molar-refractivity contribution < 1.29 is 28.6 Å². The van der Waals surface area contributed by atoms with Gasteiger partial charge >= 0.3 is 6.03 Å². The summed E-state index contributed by atoms with van der Waals surface area (Å²) in [5.74, 6) is -1.38. The maximum atomic E-state index is 14.4. The Morgan fingerprint density at radius 1 is 1.08 bits per heavy atom. The number of ether oxygens (including phenoxy) is 1. The summed E-state index contributed by atoms with van der Waals surface area (Å²) in [6, 6.07) is 17.0. The molecule has 1 heterocycles. The molecule has 0 bridgehead atoms. The molecular formula is C29H32FN3O5. The minimum atomic E-state index is -1.21. The number of hydrogen-bond acceptors (Lipinski definition) is 5. The van der Waals surface area contributed by atoms with Gasteiger partial charge in [-0.05, 0) is 47.9 Å². The largest absolute Gasteiger partial charge is 0.491 e. The van der Waals surface area contributed by atoms with Crippen LogP contribution in [-0.4, -0.2) is 47.1 Å². The summed E-state index contributed by atoms with van der Waals surface area (Å²) in [5, 5.41) is 14.1. The summed E-state index contributed by atoms with van der Waals surface area (Å²) >= 11 is 0. The molecule has 0 spiro atoms. The van der Waals surface area contributed by atoms with E-state index in [2.05, 4.69) is 10.6 Å². The molecule has 1 fully saturated rings. The lowest BCUT2D eigenvalue weighted by Crippen LogP contribution is -2.49. The highest BCUT2D eigenvalue weighted by atomic mass is 19.1. The lowest BCUT2D eigenvalue weighted by molar-refractivity contribution is -0.134. The smallest absolute Gasteiger partial charge is 0.325 e. The van der Waals surface area contributed by atoms with Crippen LogP contribution in [0.25, 0.3) is 0 Å². The van der Waals surface area contributed by atoms with E-state index in [1.165, 1.54) is 12.1 Å². The van der Waals surface area contributed by atoms with Crippen molar-refractivity contribution in [2.75, 3.05) is 18.5 Å². The van der Waals surface area contributed by atoms with Crippen molar-refractivity contribution in [1.82, 2.24) is 10.2 Å². The predicted octanol–water partition coefficient (Wildman–Crippen LogP) is 4.37. The van der Waals surface area contributed by atoms with E-state index in [4.69, 9.17) is 9.84 Å². The van der Waals surface area contributed by atoms with Gasteiger partial charge in [0.15, 0.2) is 0 Å². The second-order valence-corrected chi connectivity index (χ2v) is 8.41. The first-order valence-electron chi connectivity index (χ1n) is 12.5. The van der Waals surface area contributed by atoms with Crippen molar-refractivity contribution in [2.24, 2.45) is 0 Å². The Morgan fingerprint density at radius 2 is 1.76 bits per heavy atom. The summed E-state index contributed by atoms with van der Waals surface area (Å²) in [5.41, 5.74) is 1.90. The number of hydrogen-bond donors (Lipinski definition) is 3. The number of aliphatic hydroxyl groups excluding tert-OH is 1. The average molecular weight is 522 g/mol. The third kappa shape index (κ3) is 6.74. The number of aryl methyl sites for hydroxylation is 1. The number of urea groups is 1. The van der Waals surface area contributed by atoms with E-state index in [1.807, 2.05) is 19.9 Å². The minimum absolute atomic E-state index is 0.0364. The third-order valence-electron chi connectivity index (χ3n) is 5.81. The van der Waals surface area contributed by atoms with Gasteiger partial charge in [0.1, 0.15) is 30.3 Å². The number of halogens is 1. The average Bonchev–Trinajstić information content (AvgIpc) is 3.23. The summed E-state index contributed by atoms with van der Waals surface area (Å²) < 4.78 is 19.8. The van der Waals surface area contributed by atoms with Crippen LogP contribution in [0.15, 0.2) is 72.8 Å². The van der Waals surface area contributed by atoms with Crippen molar-refractivity contribution in [3.8, 4) is 5.75 Å². The van der Waals surface area contributed by atoms with Crippen molar-refractivity contribution in [1.29, 1.82) is 0 Å². The SMILES string of the molecule is CC.Cc1ccc(NC(=O)[C@H](Cc2ccccc2)N2C(=O)N[C@H](c3ccc(OCCO)cc3)C2=O)c(F)c1. The molecule has 3 aromatic carbocycles. The van der Waals surface area contributed by atoms with E-state index >= 15 is 0 Å². The van der Waals surface area contributed by atoms with Crippen LogP contribution in [0.3, 0.4) is 0 Å². The number of benzene rings is 3. The fraction of sp³-hybridized carbons (Fsp3) is 0.276. The standard InChI is InChI=1S/C27H26FN3O5.C2H6/c1-17-7-12-22(21(28)15-17)29-25(33)23(16-18-5-3-2-4-6-18)31-26(34)24(30-27(31)35)19-8-10-20(11-9-19)36-14-13-32;1-2/h2-12,15,23-24,32H,13-14,16H2,1H3,(H,29,33)(H,30,35);1-2H3/t23-,24+;/m0./s1. The van der Waals surface area contributed by atoms with Crippen LogP contribution in [-0.2, 0) is 16.0 Å². The van der Waals surface area contributed by atoms with Crippen LogP contribution >= 0.6 is 0 Å². The zero-order valence-electron chi connectivity index (χ0n) is 21.6. The summed E-state index contributed by atoms with van der Waals surface area (Å²) in [6.45, 7) is 5.72. The van der Waals surface area contributed by atoms with E-state index in [-0.39, 0.29) is 25.3 Å². The van der Waals surface area contributed by atoms with Gasteiger partial charge in [0.25, 0.3) is 5.91 Å². The molecule has 3 aromatic rings. The van der Waals surface area contributed by atoms with E-state index < -0.39 is 35.7 Å². The molecule has 8 nitrogen and oxygen atoms in total. The molecule has 0 radical (unpaired) electrons. The molecule has 1 aliphatic heterocycles. The second-order valence-electron chi connectivity index (χ2n) is 8.41. The molecule has 4 rings (SSSR count). The van der Waals surface area contributed by atoms with Gasteiger partial charge in [-0.25, -0.2) is 14.1 Å². The molecule has 0 aliphatic carbocycles. The minimum Gasteiger partial charge on any atom is -0.491 e. The van der Waals surface area contributed by atoms with Crippen molar-refractivity contribution in [3.63, 3.8) is 0 Å². The molecule has 2 atom stereocenters. The van der Waals surface area contributed by atoms with E-state index in [0.717, 1.165) is 10.5 Å². The number of carbonyl (C=O) groups is 3. The predicted molar refractivity (Wildman–Crippen MR) is 142 cm³/mol. The van der Waals surface area contributed by atoms with Crippen LogP contribution in [0.2, 0.25) is 0 Å². The van der Waals surface area contributed by atoms with E-state index in [0.29, 0.717) is 16.9 Å².